The van der Waals surface area contributed by atoms with Gasteiger partial charge in [0.25, 0.3) is 0 Å². The van der Waals surface area contributed by atoms with Crippen LogP contribution in [0.2, 0.25) is 0 Å². The van der Waals surface area contributed by atoms with Crippen molar-refractivity contribution in [2.24, 2.45) is 0 Å². The van der Waals surface area contributed by atoms with Crippen LogP contribution in [0.15, 0.2) is 36.5 Å². The lowest BCUT2D eigenvalue weighted by atomic mass is 10.0. The number of amides is 1. The fourth-order valence-corrected chi connectivity index (χ4v) is 7.74. The van der Waals surface area contributed by atoms with Gasteiger partial charge in [0.05, 0.1) is 18.8 Å². The van der Waals surface area contributed by atoms with Crippen LogP contribution in [0.4, 0.5) is 0 Å². The summed E-state index contributed by atoms with van der Waals surface area (Å²) in [7, 11) is 0. The molecule has 0 fully saturated rings. The molecule has 4 heteroatoms. The minimum atomic E-state index is -0.868. The highest BCUT2D eigenvalue weighted by Crippen LogP contribution is 2.16. The molecule has 2 unspecified atom stereocenters. The number of carbonyl (C=O) groups is 1. The quantitative estimate of drug-likeness (QED) is 0.0425. The van der Waals surface area contributed by atoms with Crippen LogP contribution in [0, 0.1) is 0 Å². The van der Waals surface area contributed by atoms with E-state index in [0.717, 1.165) is 38.5 Å². The third-order valence-corrected chi connectivity index (χ3v) is 11.6. The van der Waals surface area contributed by atoms with Crippen molar-refractivity contribution in [2.45, 2.75) is 283 Å². The summed E-state index contributed by atoms with van der Waals surface area (Å²) in [6, 6.07) is -0.643. The van der Waals surface area contributed by atoms with Gasteiger partial charge in [0.15, 0.2) is 0 Å². The largest absolute Gasteiger partial charge is 0.394 e. The number of hydrogen-bond donors (Lipinski definition) is 3. The van der Waals surface area contributed by atoms with Gasteiger partial charge in [0, 0.05) is 6.42 Å². The highest BCUT2D eigenvalue weighted by Gasteiger charge is 2.17. The molecule has 0 saturated carbocycles. The zero-order valence-corrected chi connectivity index (χ0v) is 37.9. The highest BCUT2D eigenvalue weighted by molar-refractivity contribution is 5.76. The summed E-state index contributed by atoms with van der Waals surface area (Å²) in [4.78, 5) is 12.4. The maximum absolute atomic E-state index is 12.4. The molecule has 0 rings (SSSR count). The van der Waals surface area contributed by atoms with Crippen LogP contribution >= 0.6 is 0 Å². The standard InChI is InChI=1S/C52H99NO3/c1-3-5-7-9-11-13-15-17-19-21-23-25-26-27-28-30-32-34-36-38-40-42-44-46-48-52(56)53-50(49-54)51(55)47-45-43-41-39-37-35-33-31-29-24-22-20-18-16-14-12-10-8-6-4-2/h29,31,37,39,45,47,50-51,54-55H,3-28,30,32-36,38,40-44,46,48-49H2,1-2H3,(H,53,56)/b31-29+,39-37+,47-45+. The van der Waals surface area contributed by atoms with E-state index in [1.807, 2.05) is 6.08 Å². The number of aliphatic hydroxyl groups excluding tert-OH is 2. The second-order valence-electron chi connectivity index (χ2n) is 17.2. The minimum Gasteiger partial charge on any atom is -0.394 e. The Hall–Kier alpha value is -1.39. The van der Waals surface area contributed by atoms with Gasteiger partial charge in [-0.3, -0.25) is 4.79 Å². The molecule has 0 bridgehead atoms. The Morgan fingerprint density at radius 1 is 0.411 bits per heavy atom. The van der Waals surface area contributed by atoms with E-state index < -0.39 is 12.1 Å². The van der Waals surface area contributed by atoms with Crippen LogP contribution in [0.5, 0.6) is 0 Å². The molecule has 1 amide bonds. The van der Waals surface area contributed by atoms with Crippen molar-refractivity contribution in [3.8, 4) is 0 Å². The number of allylic oxidation sites excluding steroid dienone is 5. The number of unbranched alkanes of at least 4 members (excludes halogenated alkanes) is 35. The molecule has 0 aromatic carbocycles. The first kappa shape index (κ1) is 54.6. The number of nitrogens with one attached hydrogen (secondary N) is 1. The van der Waals surface area contributed by atoms with E-state index in [1.165, 1.54) is 212 Å². The lowest BCUT2D eigenvalue weighted by molar-refractivity contribution is -0.123. The molecule has 0 aromatic rings. The molecule has 0 heterocycles. The Morgan fingerprint density at radius 3 is 1.04 bits per heavy atom. The molecule has 0 aromatic heterocycles. The second kappa shape index (κ2) is 48.0. The molecular formula is C52H99NO3. The third kappa shape index (κ3) is 43.7. The molecule has 4 nitrogen and oxygen atoms in total. The van der Waals surface area contributed by atoms with Crippen LogP contribution < -0.4 is 5.32 Å². The lowest BCUT2D eigenvalue weighted by Crippen LogP contribution is -2.45. The van der Waals surface area contributed by atoms with Crippen molar-refractivity contribution in [1.82, 2.24) is 5.32 Å². The molecule has 0 aliphatic heterocycles. The number of rotatable bonds is 46. The molecular weight excluding hydrogens is 687 g/mol. The molecule has 0 spiro atoms. The van der Waals surface area contributed by atoms with Crippen molar-refractivity contribution < 1.29 is 15.0 Å². The predicted octanol–water partition coefficient (Wildman–Crippen LogP) is 16.1. The fraction of sp³-hybridized carbons (Fsp3) is 0.865. The summed E-state index contributed by atoms with van der Waals surface area (Å²) in [6.07, 6.45) is 64.2. The van der Waals surface area contributed by atoms with Crippen molar-refractivity contribution in [1.29, 1.82) is 0 Å². The summed E-state index contributed by atoms with van der Waals surface area (Å²) in [5, 5.41) is 23.1. The van der Waals surface area contributed by atoms with Gasteiger partial charge in [-0.25, -0.2) is 0 Å². The Labute approximate surface area is 351 Å². The van der Waals surface area contributed by atoms with Crippen molar-refractivity contribution in [3.05, 3.63) is 36.5 Å². The van der Waals surface area contributed by atoms with Gasteiger partial charge in [0.2, 0.25) is 5.91 Å². The maximum Gasteiger partial charge on any atom is 0.220 e. The number of hydrogen-bond acceptors (Lipinski definition) is 3. The Kier molecular flexibility index (Phi) is 46.8. The molecule has 330 valence electrons. The van der Waals surface area contributed by atoms with E-state index in [4.69, 9.17) is 0 Å². The lowest BCUT2D eigenvalue weighted by Gasteiger charge is -2.19. The second-order valence-corrected chi connectivity index (χ2v) is 17.2. The smallest absolute Gasteiger partial charge is 0.220 e. The summed E-state index contributed by atoms with van der Waals surface area (Å²) in [5.74, 6) is -0.0733. The first-order valence-electron chi connectivity index (χ1n) is 25.2. The molecule has 0 saturated heterocycles. The summed E-state index contributed by atoms with van der Waals surface area (Å²) >= 11 is 0. The predicted molar refractivity (Wildman–Crippen MR) is 248 cm³/mol. The first-order chi connectivity index (χ1) is 27.7. The monoisotopic (exact) mass is 786 g/mol. The molecule has 3 N–H and O–H groups in total. The van der Waals surface area contributed by atoms with Crippen LogP contribution in [0.25, 0.3) is 0 Å². The van der Waals surface area contributed by atoms with Crippen LogP contribution in [0.3, 0.4) is 0 Å². The Morgan fingerprint density at radius 2 is 0.696 bits per heavy atom. The molecule has 0 aliphatic carbocycles. The topological polar surface area (TPSA) is 69.6 Å². The van der Waals surface area contributed by atoms with Crippen LogP contribution in [-0.4, -0.2) is 34.9 Å². The minimum absolute atomic E-state index is 0.0733. The molecule has 0 aliphatic rings. The molecule has 2 atom stereocenters. The number of carbonyl (C=O) groups excluding carboxylic acids is 1. The maximum atomic E-state index is 12.4. The van der Waals surface area contributed by atoms with E-state index >= 15 is 0 Å². The van der Waals surface area contributed by atoms with Crippen molar-refractivity contribution in [2.75, 3.05) is 6.61 Å². The van der Waals surface area contributed by atoms with Crippen molar-refractivity contribution in [3.63, 3.8) is 0 Å². The van der Waals surface area contributed by atoms with Gasteiger partial charge >= 0.3 is 0 Å². The Balaban J connectivity index is 3.55. The molecule has 56 heavy (non-hydrogen) atoms. The summed E-state index contributed by atoms with van der Waals surface area (Å²) in [6.45, 7) is 4.32. The third-order valence-electron chi connectivity index (χ3n) is 11.6. The van der Waals surface area contributed by atoms with E-state index in [1.54, 1.807) is 6.08 Å². The number of aliphatic hydroxyl groups is 2. The van der Waals surface area contributed by atoms with Gasteiger partial charge in [0.1, 0.15) is 0 Å². The highest BCUT2D eigenvalue weighted by atomic mass is 16.3. The average molecular weight is 786 g/mol. The van der Waals surface area contributed by atoms with Gasteiger partial charge in [-0.1, -0.05) is 256 Å². The Bertz CT molecular complexity index is 851. The van der Waals surface area contributed by atoms with Crippen molar-refractivity contribution >= 4 is 5.91 Å². The SMILES string of the molecule is CCCCCCCCCCCC/C=C/CC/C=C/CC/C=C/C(O)C(CO)NC(=O)CCCCCCCCCCCCCCCCCCCCCCCCCC. The van der Waals surface area contributed by atoms with Gasteiger partial charge in [-0.15, -0.1) is 0 Å². The van der Waals surface area contributed by atoms with Crippen LogP contribution in [0.1, 0.15) is 271 Å². The molecule has 0 radical (unpaired) electrons. The zero-order chi connectivity index (χ0) is 40.7. The average Bonchev–Trinajstić information content (AvgIpc) is 3.20. The summed E-state index contributed by atoms with van der Waals surface area (Å²) in [5.41, 5.74) is 0. The normalized spacial score (nSPS) is 13.1. The van der Waals surface area contributed by atoms with Crippen LogP contribution in [-0.2, 0) is 4.79 Å². The zero-order valence-electron chi connectivity index (χ0n) is 37.9. The van der Waals surface area contributed by atoms with E-state index in [9.17, 15) is 15.0 Å². The van der Waals surface area contributed by atoms with Gasteiger partial charge in [-0.2, -0.15) is 0 Å². The van der Waals surface area contributed by atoms with E-state index in [-0.39, 0.29) is 12.5 Å². The fourth-order valence-electron chi connectivity index (χ4n) is 7.74. The van der Waals surface area contributed by atoms with Gasteiger partial charge < -0.3 is 15.5 Å². The summed E-state index contributed by atoms with van der Waals surface area (Å²) < 4.78 is 0. The van der Waals surface area contributed by atoms with E-state index in [0.29, 0.717) is 6.42 Å². The first-order valence-corrected chi connectivity index (χ1v) is 25.2. The van der Waals surface area contributed by atoms with E-state index in [2.05, 4.69) is 43.5 Å². The van der Waals surface area contributed by atoms with Gasteiger partial charge in [-0.05, 0) is 44.9 Å².